The summed E-state index contributed by atoms with van der Waals surface area (Å²) in [6.45, 7) is 0.541. The van der Waals surface area contributed by atoms with E-state index >= 15 is 0 Å². The first-order valence-electron chi connectivity index (χ1n) is 2.85. The van der Waals surface area contributed by atoms with E-state index in [1.54, 1.807) is 11.9 Å². The second kappa shape index (κ2) is 2.53. The van der Waals surface area contributed by atoms with E-state index in [2.05, 4.69) is 9.24 Å². The van der Waals surface area contributed by atoms with Crippen LogP contribution >= 0.6 is 9.24 Å². The van der Waals surface area contributed by atoms with Crippen molar-refractivity contribution in [3.8, 4) is 0 Å². The summed E-state index contributed by atoms with van der Waals surface area (Å²) in [7, 11) is 4.34. The third-order valence-corrected chi connectivity index (χ3v) is 2.05. The van der Waals surface area contributed by atoms with Gasteiger partial charge in [0.15, 0.2) is 0 Å². The fourth-order valence-electron chi connectivity index (χ4n) is 0.756. The van der Waals surface area contributed by atoms with Crippen LogP contribution in [-0.2, 0) is 4.74 Å². The Hall–Kier alpha value is -0.300. The van der Waals surface area contributed by atoms with Crippen LogP contribution in [0.2, 0.25) is 0 Å². The van der Waals surface area contributed by atoms with Crippen LogP contribution in [-0.4, -0.2) is 36.9 Å². The Bertz CT molecular complexity index is 128. The van der Waals surface area contributed by atoms with Crippen molar-refractivity contribution in [2.24, 2.45) is 0 Å². The average Bonchev–Trinajstić information content (AvgIpc) is 2.15. The van der Waals surface area contributed by atoms with Gasteiger partial charge >= 0.3 is 6.09 Å². The molecule has 3 nitrogen and oxygen atoms in total. The third-order valence-electron chi connectivity index (χ3n) is 1.51. The van der Waals surface area contributed by atoms with Crippen molar-refractivity contribution in [3.63, 3.8) is 0 Å². The summed E-state index contributed by atoms with van der Waals surface area (Å²) in [5.74, 6) is 0. The summed E-state index contributed by atoms with van der Waals surface area (Å²) in [4.78, 5) is 12.3. The number of ether oxygens (including phenoxy) is 1. The molecule has 2 atom stereocenters. The second-order valence-corrected chi connectivity index (χ2v) is 2.55. The minimum Gasteiger partial charge on any atom is -0.447 e. The van der Waals surface area contributed by atoms with E-state index in [9.17, 15) is 4.79 Å². The van der Waals surface area contributed by atoms with Crippen LogP contribution in [0.15, 0.2) is 0 Å². The number of amides is 1. The highest BCUT2D eigenvalue weighted by atomic mass is 31.0. The molecule has 1 aliphatic heterocycles. The summed E-state index contributed by atoms with van der Waals surface area (Å²) < 4.78 is 4.74. The molecule has 4 heteroatoms. The van der Waals surface area contributed by atoms with Crippen LogP contribution < -0.4 is 0 Å². The summed E-state index contributed by atoms with van der Waals surface area (Å²) >= 11 is 0. The normalized spacial score (nSPS) is 26.7. The molecular weight excluding hydrogens is 137 g/mol. The first-order valence-corrected chi connectivity index (χ1v) is 3.67. The number of rotatable bonds is 1. The molecule has 1 aliphatic rings. The monoisotopic (exact) mass is 147 g/mol. The Morgan fingerprint density at radius 1 is 2.00 bits per heavy atom. The maximum Gasteiger partial charge on any atom is 0.409 e. The second-order valence-electron chi connectivity index (χ2n) is 2.08. The lowest BCUT2D eigenvalue weighted by atomic mass is 10.4. The molecule has 0 spiro atoms. The highest BCUT2D eigenvalue weighted by Gasteiger charge is 2.27. The minimum atomic E-state index is -0.206. The van der Waals surface area contributed by atoms with Crippen LogP contribution in [0.3, 0.4) is 0 Å². The molecule has 0 N–H and O–H groups in total. The van der Waals surface area contributed by atoms with Gasteiger partial charge in [0, 0.05) is 7.05 Å². The molecule has 1 fully saturated rings. The van der Waals surface area contributed by atoms with E-state index < -0.39 is 0 Å². The summed E-state index contributed by atoms with van der Waals surface area (Å²) in [5.41, 5.74) is 0. The molecule has 1 heterocycles. The zero-order valence-corrected chi connectivity index (χ0v) is 6.49. The molecule has 0 bridgehead atoms. The first kappa shape index (κ1) is 6.81. The SMILES string of the molecule is CN1C(=O)OC[C@H]1CP. The van der Waals surface area contributed by atoms with Crippen LogP contribution in [0.4, 0.5) is 4.79 Å². The van der Waals surface area contributed by atoms with Crippen LogP contribution in [0.5, 0.6) is 0 Å². The van der Waals surface area contributed by atoms with E-state index in [1.165, 1.54) is 0 Å². The first-order chi connectivity index (χ1) is 4.25. The Labute approximate surface area is 56.6 Å². The van der Waals surface area contributed by atoms with Crippen LogP contribution in [0, 0.1) is 0 Å². The van der Waals surface area contributed by atoms with Crippen LogP contribution in [0.25, 0.3) is 0 Å². The fraction of sp³-hybridized carbons (Fsp3) is 0.800. The van der Waals surface area contributed by atoms with Gasteiger partial charge in [-0.05, 0) is 6.16 Å². The standard InChI is InChI=1S/C5H10NO2P/c1-6-4(3-9)2-8-5(6)7/h4H,2-3,9H2,1H3/t4-/m0/s1. The number of hydrogen-bond acceptors (Lipinski definition) is 2. The van der Waals surface area contributed by atoms with Gasteiger partial charge in [-0.3, -0.25) is 0 Å². The van der Waals surface area contributed by atoms with E-state index in [0.29, 0.717) is 6.61 Å². The third kappa shape index (κ3) is 1.16. The number of cyclic esters (lactones) is 1. The van der Waals surface area contributed by atoms with Gasteiger partial charge in [-0.25, -0.2) is 4.79 Å². The minimum absolute atomic E-state index is 0.206. The average molecular weight is 147 g/mol. The van der Waals surface area contributed by atoms with Crippen molar-refractivity contribution in [2.45, 2.75) is 6.04 Å². The number of carbonyl (C=O) groups excluding carboxylic acids is 1. The van der Waals surface area contributed by atoms with Gasteiger partial charge in [0.25, 0.3) is 0 Å². The van der Waals surface area contributed by atoms with Crippen molar-refractivity contribution in [1.82, 2.24) is 4.90 Å². The molecule has 0 aromatic rings. The summed E-state index contributed by atoms with van der Waals surface area (Å²) in [5, 5.41) is 0. The number of hydrogen-bond donors (Lipinski definition) is 0. The van der Waals surface area contributed by atoms with E-state index in [4.69, 9.17) is 4.74 Å². The molecule has 0 aromatic heterocycles. The summed E-state index contributed by atoms with van der Waals surface area (Å²) in [6.07, 6.45) is 0.685. The molecule has 1 amide bonds. The zero-order chi connectivity index (χ0) is 6.85. The zero-order valence-electron chi connectivity index (χ0n) is 5.33. The Morgan fingerprint density at radius 3 is 2.89 bits per heavy atom. The number of nitrogens with zero attached hydrogens (tertiary/aromatic N) is 1. The highest BCUT2D eigenvalue weighted by molar-refractivity contribution is 7.16. The van der Waals surface area contributed by atoms with E-state index in [-0.39, 0.29) is 12.1 Å². The molecule has 9 heavy (non-hydrogen) atoms. The number of likely N-dealkylation sites (N-methyl/N-ethyl adjacent to an activating group) is 1. The number of carbonyl (C=O) groups is 1. The summed E-state index contributed by atoms with van der Waals surface area (Å²) in [6, 6.07) is 0.266. The largest absolute Gasteiger partial charge is 0.447 e. The van der Waals surface area contributed by atoms with Crippen molar-refractivity contribution in [3.05, 3.63) is 0 Å². The van der Waals surface area contributed by atoms with Gasteiger partial charge < -0.3 is 9.64 Å². The lowest BCUT2D eigenvalue weighted by molar-refractivity contribution is 0.163. The van der Waals surface area contributed by atoms with Crippen molar-refractivity contribution in [1.29, 1.82) is 0 Å². The molecule has 1 saturated heterocycles. The van der Waals surface area contributed by atoms with E-state index in [0.717, 1.165) is 6.16 Å². The lowest BCUT2D eigenvalue weighted by Crippen LogP contribution is -2.30. The molecule has 0 saturated carbocycles. The van der Waals surface area contributed by atoms with Crippen molar-refractivity contribution in [2.75, 3.05) is 19.8 Å². The van der Waals surface area contributed by atoms with Gasteiger partial charge in [-0.1, -0.05) is 0 Å². The van der Waals surface area contributed by atoms with Gasteiger partial charge in [0.1, 0.15) is 6.61 Å². The van der Waals surface area contributed by atoms with Crippen LogP contribution in [0.1, 0.15) is 0 Å². The Kier molecular flexibility index (Phi) is 1.91. The fourth-order valence-corrected chi connectivity index (χ4v) is 1.21. The predicted octanol–water partition coefficient (Wildman–Crippen LogP) is 0.312. The van der Waals surface area contributed by atoms with Gasteiger partial charge in [-0.15, -0.1) is 9.24 Å². The molecule has 0 radical (unpaired) electrons. The lowest BCUT2D eigenvalue weighted by Gasteiger charge is -2.12. The van der Waals surface area contributed by atoms with Gasteiger partial charge in [0.2, 0.25) is 0 Å². The van der Waals surface area contributed by atoms with E-state index in [1.807, 2.05) is 0 Å². The molecule has 1 rings (SSSR count). The Balaban J connectivity index is 2.51. The molecule has 0 aromatic carbocycles. The molecule has 1 unspecified atom stereocenters. The predicted molar refractivity (Wildman–Crippen MR) is 37.5 cm³/mol. The smallest absolute Gasteiger partial charge is 0.409 e. The quantitative estimate of drug-likeness (QED) is 0.499. The molecule has 0 aliphatic carbocycles. The van der Waals surface area contributed by atoms with Gasteiger partial charge in [0.05, 0.1) is 6.04 Å². The maximum absolute atomic E-state index is 10.6. The Morgan fingerprint density at radius 2 is 2.67 bits per heavy atom. The molecule has 52 valence electrons. The highest BCUT2D eigenvalue weighted by Crippen LogP contribution is 2.10. The molecular formula is C5H10NO2P. The maximum atomic E-state index is 10.6. The topological polar surface area (TPSA) is 29.5 Å². The van der Waals surface area contributed by atoms with Crippen molar-refractivity contribution < 1.29 is 9.53 Å². The van der Waals surface area contributed by atoms with Gasteiger partial charge in [-0.2, -0.15) is 0 Å². The van der Waals surface area contributed by atoms with Crippen molar-refractivity contribution >= 4 is 15.3 Å².